The predicted octanol–water partition coefficient (Wildman–Crippen LogP) is 5.05. The second-order valence-electron chi connectivity index (χ2n) is 10.8. The summed E-state index contributed by atoms with van der Waals surface area (Å²) >= 11 is 0. The van der Waals surface area contributed by atoms with Crippen molar-refractivity contribution < 1.29 is 22.5 Å². The molecule has 0 radical (unpaired) electrons. The van der Waals surface area contributed by atoms with Crippen LogP contribution in [0.3, 0.4) is 0 Å². The molecule has 0 aliphatic rings. The van der Waals surface area contributed by atoms with E-state index < -0.39 is 33.3 Å². The maximum absolute atomic E-state index is 12.5. The van der Waals surface area contributed by atoms with Gasteiger partial charge in [-0.25, -0.2) is 0 Å². The molecule has 0 spiro atoms. The third-order valence-corrected chi connectivity index (χ3v) is 6.79. The van der Waals surface area contributed by atoms with Crippen molar-refractivity contribution in [1.82, 2.24) is 0 Å². The second-order valence-corrected chi connectivity index (χ2v) is 28.6. The highest BCUT2D eigenvalue weighted by atomic mass is 28.4. The Bertz CT molecular complexity index is 444. The van der Waals surface area contributed by atoms with Crippen molar-refractivity contribution in [2.45, 2.75) is 97.2 Å². The first-order chi connectivity index (χ1) is 11.3. The fourth-order valence-corrected chi connectivity index (χ4v) is 5.96. The number of rotatable bonds is 11. The molecule has 0 heterocycles. The van der Waals surface area contributed by atoms with Crippen LogP contribution in [0.25, 0.3) is 0 Å². The Kier molecular flexibility index (Phi) is 9.70. The zero-order valence-electron chi connectivity index (χ0n) is 19.1. The molecule has 0 aromatic heterocycles. The van der Waals surface area contributed by atoms with E-state index in [-0.39, 0.29) is 24.6 Å². The summed E-state index contributed by atoms with van der Waals surface area (Å²) < 4.78 is 24.6. The molecule has 0 saturated heterocycles. The van der Waals surface area contributed by atoms with E-state index in [2.05, 4.69) is 58.9 Å². The summed E-state index contributed by atoms with van der Waals surface area (Å²) in [6.45, 7) is 25.9. The van der Waals surface area contributed by atoms with Gasteiger partial charge >= 0.3 is 0 Å². The number of hydrogen-bond donors (Lipinski definition) is 0. The maximum atomic E-state index is 12.5. The van der Waals surface area contributed by atoms with Gasteiger partial charge in [0.1, 0.15) is 0 Å². The van der Waals surface area contributed by atoms with Crippen LogP contribution in [0.4, 0.5) is 0 Å². The molecule has 26 heavy (non-hydrogen) atoms. The SMILES string of the molecule is C[Si](C)(C)OC[C@@H](O[Si](C)(C)C)[C@H](CC(=O)O[Si](C)(C)C)O[Si](C)(C)C. The van der Waals surface area contributed by atoms with Gasteiger partial charge in [-0.3, -0.25) is 4.79 Å². The molecular formula is C17H42O5Si4. The van der Waals surface area contributed by atoms with Crippen molar-refractivity contribution in [2.24, 2.45) is 0 Å². The highest BCUT2D eigenvalue weighted by molar-refractivity contribution is 6.71. The Morgan fingerprint density at radius 3 is 1.42 bits per heavy atom. The largest absolute Gasteiger partial charge is 0.520 e. The fourth-order valence-electron chi connectivity index (χ4n) is 2.25. The molecule has 0 saturated carbocycles. The van der Waals surface area contributed by atoms with E-state index in [9.17, 15) is 4.79 Å². The van der Waals surface area contributed by atoms with E-state index >= 15 is 0 Å². The lowest BCUT2D eigenvalue weighted by Gasteiger charge is -2.37. The lowest BCUT2D eigenvalue weighted by molar-refractivity contribution is -0.138. The lowest BCUT2D eigenvalue weighted by atomic mass is 10.1. The molecule has 0 aliphatic heterocycles. The minimum absolute atomic E-state index is 0.190. The van der Waals surface area contributed by atoms with Gasteiger partial charge in [0.05, 0.1) is 25.2 Å². The van der Waals surface area contributed by atoms with Gasteiger partial charge in [-0.1, -0.05) is 0 Å². The minimum atomic E-state index is -1.93. The molecule has 2 atom stereocenters. The van der Waals surface area contributed by atoms with Crippen LogP contribution in [0.2, 0.25) is 78.6 Å². The van der Waals surface area contributed by atoms with Crippen molar-refractivity contribution in [3.05, 3.63) is 0 Å². The normalized spacial score (nSPS) is 16.3. The third-order valence-electron chi connectivity index (χ3n) is 2.89. The minimum Gasteiger partial charge on any atom is -0.520 e. The summed E-state index contributed by atoms with van der Waals surface area (Å²) in [6, 6.07) is 0. The zero-order valence-corrected chi connectivity index (χ0v) is 23.1. The summed E-state index contributed by atoms with van der Waals surface area (Å²) in [5.74, 6) is -0.190. The van der Waals surface area contributed by atoms with E-state index in [1.54, 1.807) is 0 Å². The molecule has 0 unspecified atom stereocenters. The summed E-state index contributed by atoms with van der Waals surface area (Å²) in [7, 11) is -7.31. The zero-order chi connectivity index (χ0) is 21.0. The van der Waals surface area contributed by atoms with Gasteiger partial charge in [0, 0.05) is 0 Å². The molecule has 5 nitrogen and oxygen atoms in total. The van der Waals surface area contributed by atoms with Crippen LogP contribution < -0.4 is 0 Å². The molecular weight excluding hydrogens is 397 g/mol. The van der Waals surface area contributed by atoms with Crippen molar-refractivity contribution in [3.63, 3.8) is 0 Å². The van der Waals surface area contributed by atoms with Gasteiger partial charge in [-0.05, 0) is 78.6 Å². The van der Waals surface area contributed by atoms with Crippen LogP contribution in [0.1, 0.15) is 6.42 Å². The van der Waals surface area contributed by atoms with Gasteiger partial charge in [-0.15, -0.1) is 0 Å². The van der Waals surface area contributed by atoms with E-state index in [1.165, 1.54) is 0 Å². The summed E-state index contributed by atoms with van der Waals surface area (Å²) in [6.07, 6.45) is -0.346. The van der Waals surface area contributed by atoms with Gasteiger partial charge in [-0.2, -0.15) is 0 Å². The van der Waals surface area contributed by atoms with Gasteiger partial charge in [0.2, 0.25) is 8.32 Å². The van der Waals surface area contributed by atoms with Crippen LogP contribution in [0.15, 0.2) is 0 Å². The average molecular weight is 439 g/mol. The molecule has 0 amide bonds. The second kappa shape index (κ2) is 9.62. The Balaban J connectivity index is 5.44. The topological polar surface area (TPSA) is 54.0 Å². The quantitative estimate of drug-likeness (QED) is 0.423. The Hall–Kier alpha value is 0.218. The Labute approximate surface area is 165 Å². The molecule has 0 N–H and O–H groups in total. The predicted molar refractivity (Wildman–Crippen MR) is 120 cm³/mol. The van der Waals surface area contributed by atoms with E-state index in [1.807, 2.05) is 19.6 Å². The number of hydrogen-bond acceptors (Lipinski definition) is 5. The molecule has 0 rings (SSSR count). The van der Waals surface area contributed by atoms with E-state index in [0.29, 0.717) is 6.61 Å². The maximum Gasteiger partial charge on any atom is 0.295 e. The highest BCUT2D eigenvalue weighted by Gasteiger charge is 2.36. The Morgan fingerprint density at radius 2 is 1.08 bits per heavy atom. The first-order valence-corrected chi connectivity index (χ1v) is 23.1. The highest BCUT2D eigenvalue weighted by Crippen LogP contribution is 2.22. The summed E-state index contributed by atoms with van der Waals surface area (Å²) in [5, 5.41) is 0. The molecule has 0 fully saturated rings. The average Bonchev–Trinajstić information content (AvgIpc) is 2.26. The molecule has 0 aromatic carbocycles. The lowest BCUT2D eigenvalue weighted by Crippen LogP contribution is -2.49. The summed E-state index contributed by atoms with van der Waals surface area (Å²) in [4.78, 5) is 12.5. The molecule has 0 aliphatic carbocycles. The molecule has 9 heteroatoms. The third kappa shape index (κ3) is 15.3. The fraction of sp³-hybridized carbons (Fsp3) is 0.941. The number of carbonyl (C=O) groups is 1. The first-order valence-electron chi connectivity index (χ1n) is 9.49. The van der Waals surface area contributed by atoms with Crippen LogP contribution in [0, 0.1) is 0 Å². The van der Waals surface area contributed by atoms with Crippen LogP contribution >= 0.6 is 0 Å². The molecule has 156 valence electrons. The molecule has 0 bridgehead atoms. The smallest absolute Gasteiger partial charge is 0.295 e. The first kappa shape index (κ1) is 26.2. The Morgan fingerprint density at radius 1 is 0.654 bits per heavy atom. The van der Waals surface area contributed by atoms with Crippen LogP contribution in [-0.2, 0) is 22.5 Å². The van der Waals surface area contributed by atoms with E-state index in [0.717, 1.165) is 0 Å². The van der Waals surface area contributed by atoms with E-state index in [4.69, 9.17) is 17.7 Å². The van der Waals surface area contributed by atoms with Crippen molar-refractivity contribution in [3.8, 4) is 0 Å². The van der Waals surface area contributed by atoms with Gasteiger partial charge < -0.3 is 17.7 Å². The van der Waals surface area contributed by atoms with Crippen molar-refractivity contribution >= 4 is 39.2 Å². The number of carbonyl (C=O) groups excluding carboxylic acids is 1. The van der Waals surface area contributed by atoms with Gasteiger partial charge in [0.25, 0.3) is 5.97 Å². The standard InChI is InChI=1S/C17H42O5Si4/c1-23(2,3)19-14-16(21-25(7,8)9)15(20-24(4,5)6)13-17(18)22-26(10,11)12/h15-16H,13-14H2,1-12H3/t15-,16+/m0/s1. The monoisotopic (exact) mass is 438 g/mol. The summed E-state index contributed by atoms with van der Waals surface area (Å²) in [5.41, 5.74) is 0. The van der Waals surface area contributed by atoms with Gasteiger partial charge in [0.15, 0.2) is 25.0 Å². The van der Waals surface area contributed by atoms with Crippen LogP contribution in [0.5, 0.6) is 0 Å². The van der Waals surface area contributed by atoms with Crippen LogP contribution in [-0.4, -0.2) is 58.1 Å². The molecule has 0 aromatic rings. The van der Waals surface area contributed by atoms with Crippen molar-refractivity contribution in [1.29, 1.82) is 0 Å². The van der Waals surface area contributed by atoms with Crippen molar-refractivity contribution in [2.75, 3.05) is 6.61 Å².